The second-order valence-corrected chi connectivity index (χ2v) is 10.3. The molecule has 0 bridgehead atoms. The molecule has 8 heteroatoms. The van der Waals surface area contributed by atoms with Crippen molar-refractivity contribution in [3.8, 4) is 17.9 Å². The second kappa shape index (κ2) is 9.32. The Kier molecular flexibility index (Phi) is 6.08. The Bertz CT molecular complexity index is 1570. The van der Waals surface area contributed by atoms with Crippen LogP contribution in [0.2, 0.25) is 5.15 Å². The largest absolute Gasteiger partial charge is 0.508 e. The van der Waals surface area contributed by atoms with Crippen LogP contribution in [0.5, 0.6) is 5.75 Å². The van der Waals surface area contributed by atoms with Crippen LogP contribution in [0, 0.1) is 28.6 Å². The predicted octanol–water partition coefficient (Wildman–Crippen LogP) is 7.15. The highest BCUT2D eigenvalue weighted by Crippen LogP contribution is 2.43. The maximum atomic E-state index is 10.8. The maximum Gasteiger partial charge on any atom is 0.155 e. The third-order valence-electron chi connectivity index (χ3n) is 5.46. The Hall–Kier alpha value is -3.62. The van der Waals surface area contributed by atoms with Crippen molar-refractivity contribution < 1.29 is 5.11 Å². The highest BCUT2D eigenvalue weighted by atomic mass is 35.5. The molecule has 0 aliphatic rings. The molecular formula is C26H15ClN4OS2. The molecule has 2 aromatic heterocycles. The standard InChI is InChI=1S/C26H15ClN4OS2/c27-25-19(11-15-5-1-2-6-20(15)30-25)24(16(13-28)14-29)18-12-17(9-10-22(18)32)33-26-31-21-7-3-4-8-23(21)34-26/h1-12,16,24,32H. The van der Waals surface area contributed by atoms with Crippen LogP contribution in [0.4, 0.5) is 0 Å². The lowest BCUT2D eigenvalue weighted by molar-refractivity contribution is 0.461. The fourth-order valence-electron chi connectivity index (χ4n) is 3.87. The van der Waals surface area contributed by atoms with E-state index in [0.717, 1.165) is 24.8 Å². The smallest absolute Gasteiger partial charge is 0.155 e. The Morgan fingerprint density at radius 3 is 2.38 bits per heavy atom. The number of phenols is 1. The van der Waals surface area contributed by atoms with Crippen molar-refractivity contribution in [3.63, 3.8) is 0 Å². The quantitative estimate of drug-likeness (QED) is 0.258. The zero-order valence-corrected chi connectivity index (χ0v) is 19.9. The normalized spacial score (nSPS) is 12.0. The van der Waals surface area contributed by atoms with Crippen LogP contribution < -0.4 is 0 Å². The molecule has 5 aromatic rings. The van der Waals surface area contributed by atoms with Crippen LogP contribution in [0.3, 0.4) is 0 Å². The molecule has 164 valence electrons. The molecule has 0 amide bonds. The first-order valence-corrected chi connectivity index (χ1v) is 12.3. The first-order chi connectivity index (χ1) is 16.6. The molecule has 0 radical (unpaired) electrons. The number of rotatable bonds is 5. The third-order valence-corrected chi connectivity index (χ3v) is 7.85. The topological polar surface area (TPSA) is 93.6 Å². The van der Waals surface area contributed by atoms with Crippen LogP contribution in [-0.2, 0) is 0 Å². The lowest BCUT2D eigenvalue weighted by atomic mass is 9.82. The molecule has 0 aliphatic carbocycles. The van der Waals surface area contributed by atoms with Gasteiger partial charge in [0, 0.05) is 27.3 Å². The number of nitriles is 2. The summed E-state index contributed by atoms with van der Waals surface area (Å²) in [5.74, 6) is -1.87. The van der Waals surface area contributed by atoms with E-state index >= 15 is 0 Å². The minimum absolute atomic E-state index is 0.0154. The molecule has 2 heterocycles. The predicted molar refractivity (Wildman–Crippen MR) is 135 cm³/mol. The van der Waals surface area contributed by atoms with Gasteiger partial charge >= 0.3 is 0 Å². The van der Waals surface area contributed by atoms with Gasteiger partial charge in [-0.05, 0) is 42.5 Å². The number of para-hydroxylation sites is 2. The number of benzene rings is 3. The van der Waals surface area contributed by atoms with E-state index in [-0.39, 0.29) is 10.9 Å². The molecule has 0 saturated heterocycles. The van der Waals surface area contributed by atoms with Gasteiger partial charge in [0.2, 0.25) is 0 Å². The van der Waals surface area contributed by atoms with Gasteiger partial charge in [0.1, 0.15) is 16.8 Å². The molecule has 1 unspecified atom stereocenters. The summed E-state index contributed by atoms with van der Waals surface area (Å²) in [4.78, 5) is 9.96. The summed E-state index contributed by atoms with van der Waals surface area (Å²) < 4.78 is 1.95. The summed E-state index contributed by atoms with van der Waals surface area (Å²) >= 11 is 9.59. The van der Waals surface area contributed by atoms with Gasteiger partial charge in [-0.15, -0.1) is 11.3 Å². The zero-order valence-electron chi connectivity index (χ0n) is 17.5. The number of pyridine rings is 1. The molecule has 34 heavy (non-hydrogen) atoms. The number of aromatic hydroxyl groups is 1. The molecule has 5 nitrogen and oxygen atoms in total. The van der Waals surface area contributed by atoms with Crippen molar-refractivity contribution in [1.82, 2.24) is 9.97 Å². The summed E-state index contributed by atoms with van der Waals surface area (Å²) in [6.07, 6.45) is 0. The summed E-state index contributed by atoms with van der Waals surface area (Å²) in [6.45, 7) is 0. The molecule has 0 saturated carbocycles. The highest BCUT2D eigenvalue weighted by Gasteiger charge is 2.30. The van der Waals surface area contributed by atoms with Gasteiger partial charge < -0.3 is 5.11 Å². The van der Waals surface area contributed by atoms with Crippen molar-refractivity contribution in [2.24, 2.45) is 5.92 Å². The average Bonchev–Trinajstić information content (AvgIpc) is 3.26. The molecule has 1 N–H and O–H groups in total. The first kappa shape index (κ1) is 22.2. The Labute approximate surface area is 208 Å². The number of phenolic OH excluding ortho intramolecular Hbond substituents is 1. The van der Waals surface area contributed by atoms with Gasteiger partial charge in [-0.2, -0.15) is 10.5 Å². The van der Waals surface area contributed by atoms with Gasteiger partial charge in [-0.25, -0.2) is 9.97 Å². The van der Waals surface area contributed by atoms with Gasteiger partial charge in [0.15, 0.2) is 4.34 Å². The van der Waals surface area contributed by atoms with Crippen molar-refractivity contribution >= 4 is 55.8 Å². The van der Waals surface area contributed by atoms with Gasteiger partial charge in [-0.3, -0.25) is 0 Å². The minimum Gasteiger partial charge on any atom is -0.508 e. The van der Waals surface area contributed by atoms with Crippen molar-refractivity contribution in [2.45, 2.75) is 15.2 Å². The van der Waals surface area contributed by atoms with Gasteiger partial charge in [0.25, 0.3) is 0 Å². The van der Waals surface area contributed by atoms with E-state index in [1.165, 1.54) is 11.8 Å². The number of halogens is 1. The van der Waals surface area contributed by atoms with Gasteiger partial charge in [0.05, 0.1) is 27.9 Å². The van der Waals surface area contributed by atoms with Crippen LogP contribution in [0.15, 0.2) is 82.0 Å². The molecule has 5 rings (SSSR count). The van der Waals surface area contributed by atoms with Crippen molar-refractivity contribution in [3.05, 3.63) is 89.1 Å². The summed E-state index contributed by atoms with van der Waals surface area (Å²) in [5.41, 5.74) is 2.60. The van der Waals surface area contributed by atoms with E-state index < -0.39 is 11.8 Å². The Balaban J connectivity index is 1.61. The molecule has 0 fully saturated rings. The first-order valence-electron chi connectivity index (χ1n) is 10.3. The summed E-state index contributed by atoms with van der Waals surface area (Å²) in [5, 5.41) is 31.4. The van der Waals surface area contributed by atoms with Crippen LogP contribution in [0.25, 0.3) is 21.1 Å². The fraction of sp³-hybridized carbons (Fsp3) is 0.0769. The Morgan fingerprint density at radius 2 is 1.62 bits per heavy atom. The number of hydrogen-bond donors (Lipinski definition) is 1. The Morgan fingerprint density at radius 1 is 0.882 bits per heavy atom. The van der Waals surface area contributed by atoms with E-state index in [1.807, 2.05) is 54.6 Å². The number of hydrogen-bond acceptors (Lipinski definition) is 7. The number of thiazole rings is 1. The highest BCUT2D eigenvalue weighted by molar-refractivity contribution is 8.01. The van der Waals surface area contributed by atoms with E-state index in [2.05, 4.69) is 22.1 Å². The summed E-state index contributed by atoms with van der Waals surface area (Å²) in [7, 11) is 0. The lowest BCUT2D eigenvalue weighted by Gasteiger charge is -2.21. The molecule has 1 atom stereocenters. The van der Waals surface area contributed by atoms with E-state index in [0.29, 0.717) is 16.6 Å². The van der Waals surface area contributed by atoms with Crippen LogP contribution >= 0.6 is 34.7 Å². The van der Waals surface area contributed by atoms with Crippen LogP contribution in [-0.4, -0.2) is 15.1 Å². The number of nitrogens with zero attached hydrogens (tertiary/aromatic N) is 4. The molecular weight excluding hydrogens is 484 g/mol. The van der Waals surface area contributed by atoms with Crippen molar-refractivity contribution in [1.29, 1.82) is 10.5 Å². The monoisotopic (exact) mass is 498 g/mol. The summed E-state index contributed by atoms with van der Waals surface area (Å²) in [6, 6.07) is 26.5. The van der Waals surface area contributed by atoms with E-state index in [9.17, 15) is 15.6 Å². The van der Waals surface area contributed by atoms with E-state index in [1.54, 1.807) is 29.5 Å². The number of fused-ring (bicyclic) bond motifs is 2. The molecule has 0 spiro atoms. The average molecular weight is 499 g/mol. The molecule has 0 aliphatic heterocycles. The van der Waals surface area contributed by atoms with Crippen molar-refractivity contribution in [2.75, 3.05) is 0 Å². The SMILES string of the molecule is N#CC(C#N)C(c1cc(Sc2nc3ccccc3s2)ccc1O)c1cc2ccccc2nc1Cl. The minimum atomic E-state index is -1.07. The zero-order chi connectivity index (χ0) is 23.7. The lowest BCUT2D eigenvalue weighted by Crippen LogP contribution is -2.13. The van der Waals surface area contributed by atoms with Crippen LogP contribution in [0.1, 0.15) is 17.0 Å². The third kappa shape index (κ3) is 4.18. The number of aromatic nitrogens is 2. The fourth-order valence-corrected chi connectivity index (χ4v) is 6.22. The molecule has 3 aromatic carbocycles. The maximum absolute atomic E-state index is 10.8. The second-order valence-electron chi connectivity index (χ2n) is 7.54. The van der Waals surface area contributed by atoms with E-state index in [4.69, 9.17) is 11.6 Å². The van der Waals surface area contributed by atoms with Gasteiger partial charge in [-0.1, -0.05) is 53.7 Å².